The molecule has 1 aromatic carbocycles. The van der Waals surface area contributed by atoms with Crippen molar-refractivity contribution in [1.29, 1.82) is 0 Å². The van der Waals surface area contributed by atoms with Crippen LogP contribution in [-0.4, -0.2) is 17.0 Å². The van der Waals surface area contributed by atoms with Gasteiger partial charge in [0.1, 0.15) is 0 Å². The zero-order valence-corrected chi connectivity index (χ0v) is 12.7. The van der Waals surface area contributed by atoms with Crippen LogP contribution in [0.25, 0.3) is 0 Å². The van der Waals surface area contributed by atoms with Gasteiger partial charge in [-0.2, -0.15) is 0 Å². The minimum absolute atomic E-state index is 0.268. The van der Waals surface area contributed by atoms with E-state index in [1.165, 1.54) is 0 Å². The van der Waals surface area contributed by atoms with E-state index in [2.05, 4.69) is 21.2 Å². The molecule has 2 N–H and O–H groups in total. The largest absolute Gasteiger partial charge is 0.479 e. The van der Waals surface area contributed by atoms with Gasteiger partial charge < -0.3 is 10.4 Å². The molecule has 0 fully saturated rings. The van der Waals surface area contributed by atoms with Crippen LogP contribution in [0.2, 0.25) is 0 Å². The van der Waals surface area contributed by atoms with Gasteiger partial charge in [-0.15, -0.1) is 0 Å². The van der Waals surface area contributed by atoms with Crippen molar-refractivity contribution in [3.8, 4) is 0 Å². The van der Waals surface area contributed by atoms with Gasteiger partial charge in [-0.25, -0.2) is 4.79 Å². The summed E-state index contributed by atoms with van der Waals surface area (Å²) in [5.74, 6) is -1.33. The number of allylic oxidation sites excluding steroid dienone is 1. The Kier molecular flexibility index (Phi) is 4.60. The maximum absolute atomic E-state index is 12.2. The highest BCUT2D eigenvalue weighted by Crippen LogP contribution is 2.26. The van der Waals surface area contributed by atoms with E-state index in [-0.39, 0.29) is 5.91 Å². The fourth-order valence-electron chi connectivity index (χ4n) is 2.36. The fraction of sp³-hybridized carbons (Fsp3) is 0.333. The number of carboxylic acid groups (broad SMARTS) is 1. The van der Waals surface area contributed by atoms with Crippen LogP contribution in [-0.2, 0) is 9.59 Å². The molecule has 1 atom stereocenters. The lowest BCUT2D eigenvalue weighted by Crippen LogP contribution is -2.34. The first kappa shape index (κ1) is 14.8. The quantitative estimate of drug-likeness (QED) is 0.886. The van der Waals surface area contributed by atoms with Gasteiger partial charge >= 0.3 is 5.97 Å². The molecule has 0 heterocycles. The molecule has 0 bridgehead atoms. The number of nitrogens with one attached hydrogen (secondary N) is 1. The highest BCUT2D eigenvalue weighted by molar-refractivity contribution is 9.10. The summed E-state index contributed by atoms with van der Waals surface area (Å²) >= 11 is 3.30. The topological polar surface area (TPSA) is 66.4 Å². The molecule has 20 heavy (non-hydrogen) atoms. The van der Waals surface area contributed by atoms with Crippen LogP contribution in [0.3, 0.4) is 0 Å². The molecule has 5 heteroatoms. The van der Waals surface area contributed by atoms with Crippen molar-refractivity contribution in [2.24, 2.45) is 0 Å². The van der Waals surface area contributed by atoms with Crippen LogP contribution >= 0.6 is 15.9 Å². The molecule has 0 radical (unpaired) electrons. The first-order chi connectivity index (χ1) is 9.49. The Hall–Kier alpha value is -1.62. The molecule has 1 amide bonds. The van der Waals surface area contributed by atoms with E-state index >= 15 is 0 Å². The van der Waals surface area contributed by atoms with E-state index in [4.69, 9.17) is 0 Å². The summed E-state index contributed by atoms with van der Waals surface area (Å²) in [7, 11) is 0. The number of hydrogen-bond donors (Lipinski definition) is 2. The molecule has 106 valence electrons. The summed E-state index contributed by atoms with van der Waals surface area (Å²) in [6.45, 7) is 1.93. The predicted molar refractivity (Wildman–Crippen MR) is 79.2 cm³/mol. The molecule has 0 spiro atoms. The zero-order chi connectivity index (χ0) is 14.7. The summed E-state index contributed by atoms with van der Waals surface area (Å²) in [6, 6.07) is 5.89. The van der Waals surface area contributed by atoms with Crippen LogP contribution in [0, 0.1) is 0 Å². The molecule has 0 saturated carbocycles. The van der Waals surface area contributed by atoms with Gasteiger partial charge in [0.05, 0.1) is 0 Å². The number of carboxylic acids is 1. The van der Waals surface area contributed by atoms with E-state index < -0.39 is 12.0 Å². The first-order valence-electron chi connectivity index (χ1n) is 6.47. The van der Waals surface area contributed by atoms with Gasteiger partial charge in [-0.3, -0.25) is 4.79 Å². The van der Waals surface area contributed by atoms with Crippen molar-refractivity contribution in [2.75, 3.05) is 0 Å². The van der Waals surface area contributed by atoms with Crippen molar-refractivity contribution in [3.63, 3.8) is 0 Å². The summed E-state index contributed by atoms with van der Waals surface area (Å²) in [5, 5.41) is 11.9. The monoisotopic (exact) mass is 337 g/mol. The van der Waals surface area contributed by atoms with Gasteiger partial charge in [0.15, 0.2) is 6.04 Å². The lowest BCUT2D eigenvalue weighted by molar-refractivity contribution is -0.141. The second kappa shape index (κ2) is 6.22. The fourth-order valence-corrected chi connectivity index (χ4v) is 2.63. The Labute approximate surface area is 126 Å². The average Bonchev–Trinajstić information content (AvgIpc) is 2.83. The minimum Gasteiger partial charge on any atom is -0.479 e. The number of amides is 1. The standard InChI is InChI=1S/C15H16BrNO3/c1-9-3-2-4-12(9)14(18)17-13(15(19)20)10-5-7-11(16)8-6-10/h5-8,13H,2-4H2,1H3,(H,17,18)(H,19,20). The van der Waals surface area contributed by atoms with Crippen molar-refractivity contribution in [3.05, 3.63) is 45.4 Å². The van der Waals surface area contributed by atoms with Gasteiger partial charge in [0, 0.05) is 10.0 Å². The summed E-state index contributed by atoms with van der Waals surface area (Å²) < 4.78 is 0.867. The second-order valence-electron chi connectivity index (χ2n) is 4.91. The molecule has 2 rings (SSSR count). The van der Waals surface area contributed by atoms with Gasteiger partial charge in [-0.05, 0) is 43.9 Å². The zero-order valence-electron chi connectivity index (χ0n) is 11.1. The Morgan fingerprint density at radius 3 is 2.40 bits per heavy atom. The van der Waals surface area contributed by atoms with Crippen LogP contribution in [0.1, 0.15) is 37.8 Å². The van der Waals surface area contributed by atoms with Crippen LogP contribution in [0.4, 0.5) is 0 Å². The third-order valence-corrected chi connectivity index (χ3v) is 4.02. The van der Waals surface area contributed by atoms with Crippen molar-refractivity contribution >= 4 is 27.8 Å². The molecular weight excluding hydrogens is 322 g/mol. The van der Waals surface area contributed by atoms with E-state index in [0.29, 0.717) is 5.56 Å². The summed E-state index contributed by atoms with van der Waals surface area (Å²) in [5.41, 5.74) is 2.35. The number of aliphatic carboxylic acids is 1. The van der Waals surface area contributed by atoms with Gasteiger partial charge in [0.2, 0.25) is 5.91 Å². The van der Waals surface area contributed by atoms with Gasteiger partial charge in [-0.1, -0.05) is 33.6 Å². The number of halogens is 1. The van der Waals surface area contributed by atoms with E-state index in [1.54, 1.807) is 24.3 Å². The van der Waals surface area contributed by atoms with E-state index in [0.717, 1.165) is 34.9 Å². The minimum atomic E-state index is -1.06. The number of hydrogen-bond acceptors (Lipinski definition) is 2. The summed E-state index contributed by atoms with van der Waals surface area (Å²) in [4.78, 5) is 23.5. The predicted octanol–water partition coefficient (Wildman–Crippen LogP) is 3.19. The van der Waals surface area contributed by atoms with E-state index in [9.17, 15) is 14.7 Å². The highest BCUT2D eigenvalue weighted by atomic mass is 79.9. The molecular formula is C15H16BrNO3. The number of carbonyl (C=O) groups is 2. The summed E-state index contributed by atoms with van der Waals surface area (Å²) in [6.07, 6.45) is 2.60. The lowest BCUT2D eigenvalue weighted by atomic mass is 10.1. The molecule has 1 aliphatic rings. The molecule has 1 aromatic rings. The van der Waals surface area contributed by atoms with Crippen molar-refractivity contribution in [1.82, 2.24) is 5.32 Å². The maximum Gasteiger partial charge on any atom is 0.330 e. The van der Waals surface area contributed by atoms with Crippen LogP contribution < -0.4 is 5.32 Å². The van der Waals surface area contributed by atoms with Crippen molar-refractivity contribution in [2.45, 2.75) is 32.2 Å². The SMILES string of the molecule is CC1=C(C(=O)NC(C(=O)O)c2ccc(Br)cc2)CCC1. The number of carbonyl (C=O) groups excluding carboxylic acids is 1. The molecule has 1 aliphatic carbocycles. The Balaban J connectivity index is 2.18. The van der Waals surface area contributed by atoms with Gasteiger partial charge in [0.25, 0.3) is 0 Å². The Bertz CT molecular complexity index is 563. The van der Waals surface area contributed by atoms with Crippen LogP contribution in [0.5, 0.6) is 0 Å². The normalized spacial score (nSPS) is 16.1. The third-order valence-electron chi connectivity index (χ3n) is 3.49. The lowest BCUT2D eigenvalue weighted by Gasteiger charge is -2.16. The molecule has 0 aliphatic heterocycles. The van der Waals surface area contributed by atoms with Crippen LogP contribution in [0.15, 0.2) is 39.9 Å². The molecule has 1 unspecified atom stereocenters. The average molecular weight is 338 g/mol. The smallest absolute Gasteiger partial charge is 0.330 e. The molecule has 0 aromatic heterocycles. The second-order valence-corrected chi connectivity index (χ2v) is 5.82. The van der Waals surface area contributed by atoms with Crippen molar-refractivity contribution < 1.29 is 14.7 Å². The molecule has 0 saturated heterocycles. The molecule has 4 nitrogen and oxygen atoms in total. The third kappa shape index (κ3) is 3.28. The maximum atomic E-state index is 12.2. The highest BCUT2D eigenvalue weighted by Gasteiger charge is 2.25. The Morgan fingerprint density at radius 1 is 1.25 bits per heavy atom. The van der Waals surface area contributed by atoms with E-state index in [1.807, 2.05) is 6.92 Å². The Morgan fingerprint density at radius 2 is 1.90 bits per heavy atom. The number of rotatable bonds is 4. The number of benzene rings is 1. The first-order valence-corrected chi connectivity index (χ1v) is 7.26.